The van der Waals surface area contributed by atoms with Crippen LogP contribution in [0.15, 0.2) is 18.2 Å². The number of piperidine rings is 1. The molecule has 1 saturated heterocycles. The topological polar surface area (TPSA) is 78.0 Å². The molecule has 1 unspecified atom stereocenters. The highest BCUT2D eigenvalue weighted by molar-refractivity contribution is 5.78. The molecule has 1 amide bonds. The number of amides is 1. The summed E-state index contributed by atoms with van der Waals surface area (Å²) in [7, 11) is 3.32. The highest BCUT2D eigenvalue weighted by atomic mass is 16.5. The van der Waals surface area contributed by atoms with Crippen molar-refractivity contribution in [3.05, 3.63) is 23.8 Å². The van der Waals surface area contributed by atoms with Crippen LogP contribution in [-0.2, 0) is 11.3 Å². The normalized spacial score (nSPS) is 21.7. The Morgan fingerprint density at radius 1 is 1.43 bits per heavy atom. The minimum Gasteiger partial charge on any atom is -0.497 e. The summed E-state index contributed by atoms with van der Waals surface area (Å²) in [4.78, 5) is 13.1. The Morgan fingerprint density at radius 3 is 2.90 bits per heavy atom. The third-order valence-electron chi connectivity index (χ3n) is 4.06. The van der Waals surface area contributed by atoms with E-state index in [-0.39, 0.29) is 11.8 Å². The van der Waals surface area contributed by atoms with Gasteiger partial charge in [0, 0.05) is 0 Å². The van der Waals surface area contributed by atoms with Crippen molar-refractivity contribution in [2.45, 2.75) is 19.4 Å². The molecule has 0 spiro atoms. The summed E-state index contributed by atoms with van der Waals surface area (Å²) in [6.45, 7) is 2.66. The summed E-state index contributed by atoms with van der Waals surface area (Å²) < 4.78 is 10.7. The van der Waals surface area contributed by atoms with Gasteiger partial charge in [0.25, 0.3) is 0 Å². The minimum atomic E-state index is -0.0650. The summed E-state index contributed by atoms with van der Waals surface area (Å²) in [5, 5.41) is 0. The van der Waals surface area contributed by atoms with Crippen molar-refractivity contribution in [1.82, 2.24) is 5.43 Å². The fourth-order valence-corrected chi connectivity index (χ4v) is 2.94. The second kappa shape index (κ2) is 7.28. The Balaban J connectivity index is 2.08. The van der Waals surface area contributed by atoms with Gasteiger partial charge in [-0.25, -0.2) is 5.84 Å². The van der Waals surface area contributed by atoms with Gasteiger partial charge in [0.15, 0.2) is 0 Å². The van der Waals surface area contributed by atoms with Gasteiger partial charge in [0.1, 0.15) is 18.0 Å². The Hall–Kier alpha value is -1.79. The quantitative estimate of drug-likeness (QED) is 0.388. The van der Waals surface area contributed by atoms with Crippen LogP contribution in [0.2, 0.25) is 0 Å². The Morgan fingerprint density at radius 2 is 2.24 bits per heavy atom. The second-order valence-electron chi connectivity index (χ2n) is 5.41. The molecule has 4 N–H and O–H groups in total. The van der Waals surface area contributed by atoms with Gasteiger partial charge in [0.05, 0.1) is 38.8 Å². The lowest BCUT2D eigenvalue weighted by Crippen LogP contribution is -3.12. The number of hydrazine groups is 1. The number of carbonyl (C=O) groups is 1. The molecule has 1 aromatic carbocycles. The number of nitrogens with one attached hydrogen (secondary N) is 2. The second-order valence-corrected chi connectivity index (χ2v) is 5.41. The predicted octanol–water partition coefficient (Wildman–Crippen LogP) is -0.511. The van der Waals surface area contributed by atoms with Crippen LogP contribution in [0.25, 0.3) is 0 Å². The molecule has 0 radical (unpaired) electrons. The van der Waals surface area contributed by atoms with Crippen LogP contribution in [0.5, 0.6) is 11.5 Å². The van der Waals surface area contributed by atoms with Gasteiger partial charge in [-0.3, -0.25) is 10.2 Å². The highest BCUT2D eigenvalue weighted by Crippen LogP contribution is 2.23. The number of nitrogens with two attached hydrogens (primary N) is 1. The van der Waals surface area contributed by atoms with Crippen molar-refractivity contribution in [3.63, 3.8) is 0 Å². The SMILES string of the molecule is COc1ccc(OC)c(C[NH+]2CCC[C@H](C(=O)NN)C2)c1. The number of ether oxygens (including phenoxy) is 2. The molecule has 0 bridgehead atoms. The van der Waals surface area contributed by atoms with Crippen molar-refractivity contribution in [2.24, 2.45) is 11.8 Å². The van der Waals surface area contributed by atoms with Crippen LogP contribution in [0, 0.1) is 5.92 Å². The first kappa shape index (κ1) is 15.6. The molecule has 6 heteroatoms. The molecule has 21 heavy (non-hydrogen) atoms. The van der Waals surface area contributed by atoms with Crippen LogP contribution in [0.4, 0.5) is 0 Å². The number of quaternary nitrogens is 1. The van der Waals surface area contributed by atoms with E-state index in [1.54, 1.807) is 14.2 Å². The molecule has 2 atom stereocenters. The average molecular weight is 294 g/mol. The van der Waals surface area contributed by atoms with Crippen molar-refractivity contribution in [3.8, 4) is 11.5 Å². The van der Waals surface area contributed by atoms with Crippen molar-refractivity contribution in [1.29, 1.82) is 0 Å². The maximum absolute atomic E-state index is 11.7. The average Bonchev–Trinajstić information content (AvgIpc) is 2.54. The molecule has 0 saturated carbocycles. The van der Waals surface area contributed by atoms with E-state index in [4.69, 9.17) is 15.3 Å². The van der Waals surface area contributed by atoms with E-state index < -0.39 is 0 Å². The number of likely N-dealkylation sites (tertiary alicyclic amines) is 1. The van der Waals surface area contributed by atoms with E-state index in [0.29, 0.717) is 0 Å². The monoisotopic (exact) mass is 294 g/mol. The van der Waals surface area contributed by atoms with Gasteiger partial charge in [-0.2, -0.15) is 0 Å². The standard InChI is InChI=1S/C15H23N3O3/c1-20-13-5-6-14(21-2)12(8-13)10-18-7-3-4-11(9-18)15(19)17-16/h5-6,8,11H,3-4,7,9-10,16H2,1-2H3,(H,17,19)/p+1/t11-/m0/s1. The molecule has 1 aliphatic rings. The highest BCUT2D eigenvalue weighted by Gasteiger charge is 2.28. The number of benzene rings is 1. The van der Waals surface area contributed by atoms with E-state index in [2.05, 4.69) is 5.43 Å². The van der Waals surface area contributed by atoms with Crippen LogP contribution in [0.3, 0.4) is 0 Å². The zero-order chi connectivity index (χ0) is 15.2. The maximum Gasteiger partial charge on any atom is 0.242 e. The number of rotatable bonds is 5. The van der Waals surface area contributed by atoms with Gasteiger partial charge in [-0.05, 0) is 31.0 Å². The number of hydrogen-bond acceptors (Lipinski definition) is 4. The lowest BCUT2D eigenvalue weighted by molar-refractivity contribution is -0.921. The molecule has 116 valence electrons. The Kier molecular flexibility index (Phi) is 5.41. The first-order chi connectivity index (χ1) is 10.2. The first-order valence-corrected chi connectivity index (χ1v) is 7.22. The molecule has 2 rings (SSSR count). The fourth-order valence-electron chi connectivity index (χ4n) is 2.94. The molecule has 1 aliphatic heterocycles. The molecule has 1 heterocycles. The number of hydrogen-bond donors (Lipinski definition) is 3. The molecule has 0 aromatic heterocycles. The maximum atomic E-state index is 11.7. The van der Waals surface area contributed by atoms with Gasteiger partial charge < -0.3 is 14.4 Å². The van der Waals surface area contributed by atoms with Crippen molar-refractivity contribution < 1.29 is 19.2 Å². The largest absolute Gasteiger partial charge is 0.497 e. The Labute approximate surface area is 125 Å². The van der Waals surface area contributed by atoms with E-state index in [9.17, 15) is 4.79 Å². The molecule has 6 nitrogen and oxygen atoms in total. The number of methoxy groups -OCH3 is 2. The molecule has 0 aliphatic carbocycles. The third kappa shape index (κ3) is 3.86. The third-order valence-corrected chi connectivity index (χ3v) is 4.06. The van der Waals surface area contributed by atoms with E-state index in [0.717, 1.165) is 49.5 Å². The van der Waals surface area contributed by atoms with E-state index in [1.165, 1.54) is 4.90 Å². The lowest BCUT2D eigenvalue weighted by atomic mass is 9.97. The first-order valence-electron chi connectivity index (χ1n) is 7.22. The van der Waals surface area contributed by atoms with Gasteiger partial charge in [-0.15, -0.1) is 0 Å². The summed E-state index contributed by atoms with van der Waals surface area (Å²) in [5.74, 6) is 6.84. The smallest absolute Gasteiger partial charge is 0.242 e. The summed E-state index contributed by atoms with van der Waals surface area (Å²) >= 11 is 0. The molecular formula is C15H24N3O3+. The van der Waals surface area contributed by atoms with Crippen molar-refractivity contribution in [2.75, 3.05) is 27.3 Å². The predicted molar refractivity (Wildman–Crippen MR) is 79.0 cm³/mol. The molecule has 1 fully saturated rings. The molecular weight excluding hydrogens is 270 g/mol. The zero-order valence-electron chi connectivity index (χ0n) is 12.6. The van der Waals surface area contributed by atoms with Crippen LogP contribution < -0.4 is 25.6 Å². The van der Waals surface area contributed by atoms with Gasteiger partial charge in [-0.1, -0.05) is 0 Å². The summed E-state index contributed by atoms with van der Waals surface area (Å²) in [6, 6.07) is 5.80. The lowest BCUT2D eigenvalue weighted by Gasteiger charge is -2.29. The van der Waals surface area contributed by atoms with E-state index >= 15 is 0 Å². The Bertz CT molecular complexity index is 493. The zero-order valence-corrected chi connectivity index (χ0v) is 12.6. The van der Waals surface area contributed by atoms with Gasteiger partial charge >= 0.3 is 0 Å². The van der Waals surface area contributed by atoms with E-state index in [1.807, 2.05) is 18.2 Å². The fraction of sp³-hybridized carbons (Fsp3) is 0.533. The van der Waals surface area contributed by atoms with Gasteiger partial charge in [0.2, 0.25) is 5.91 Å². The van der Waals surface area contributed by atoms with Crippen LogP contribution in [-0.4, -0.2) is 33.2 Å². The summed E-state index contributed by atoms with van der Waals surface area (Å²) in [6.07, 6.45) is 1.93. The van der Waals surface area contributed by atoms with Crippen LogP contribution in [0.1, 0.15) is 18.4 Å². The summed E-state index contributed by atoms with van der Waals surface area (Å²) in [5.41, 5.74) is 3.36. The molecule has 1 aromatic rings. The van der Waals surface area contributed by atoms with Crippen molar-refractivity contribution >= 4 is 5.91 Å². The minimum absolute atomic E-state index is 0.00430. The number of carbonyl (C=O) groups excluding carboxylic acids is 1. The van der Waals surface area contributed by atoms with Crippen LogP contribution >= 0.6 is 0 Å².